The molecule has 1 atom stereocenters. The molecule has 2 aromatic heterocycles. The van der Waals surface area contributed by atoms with Gasteiger partial charge in [-0.05, 0) is 56.7 Å². The summed E-state index contributed by atoms with van der Waals surface area (Å²) in [6, 6.07) is 19.8. The van der Waals surface area contributed by atoms with Gasteiger partial charge in [0.05, 0.1) is 10.7 Å². The highest BCUT2D eigenvalue weighted by Gasteiger charge is 2.16. The maximum atomic E-state index is 4.88. The summed E-state index contributed by atoms with van der Waals surface area (Å²) < 4.78 is 0. The second kappa shape index (κ2) is 8.72. The number of thiazole rings is 1. The van der Waals surface area contributed by atoms with Crippen LogP contribution in [0.5, 0.6) is 0 Å². The molecule has 4 aromatic rings. The Kier molecular flexibility index (Phi) is 5.67. The first-order valence-electron chi connectivity index (χ1n) is 10.8. The van der Waals surface area contributed by atoms with Gasteiger partial charge in [-0.25, -0.2) is 4.98 Å². The maximum absolute atomic E-state index is 4.88. The molecule has 5 heteroatoms. The van der Waals surface area contributed by atoms with Gasteiger partial charge in [-0.3, -0.25) is 4.90 Å². The lowest BCUT2D eigenvalue weighted by atomic mass is 10.0. The summed E-state index contributed by atoms with van der Waals surface area (Å²) in [4.78, 5) is 11.0. The van der Waals surface area contributed by atoms with Crippen LogP contribution in [0.4, 0.5) is 0 Å². The maximum Gasteiger partial charge on any atom is 0.0951 e. The Bertz CT molecular complexity index is 1110. The summed E-state index contributed by atoms with van der Waals surface area (Å²) in [5, 5.41) is 8.12. The zero-order chi connectivity index (χ0) is 20.3. The molecule has 1 aliphatic heterocycles. The molecule has 1 aliphatic rings. The van der Waals surface area contributed by atoms with Gasteiger partial charge in [-0.2, -0.15) is 0 Å². The normalized spacial score (nSPS) is 15.8. The van der Waals surface area contributed by atoms with Crippen molar-refractivity contribution < 1.29 is 0 Å². The van der Waals surface area contributed by atoms with Gasteiger partial charge in [-0.15, -0.1) is 11.3 Å². The van der Waals surface area contributed by atoms with Gasteiger partial charge < -0.3 is 10.3 Å². The van der Waals surface area contributed by atoms with Gasteiger partial charge in [0, 0.05) is 46.5 Å². The van der Waals surface area contributed by atoms with Crippen LogP contribution < -0.4 is 5.32 Å². The Labute approximate surface area is 182 Å². The Balaban J connectivity index is 1.33. The summed E-state index contributed by atoms with van der Waals surface area (Å²) >= 11 is 1.75. The van der Waals surface area contributed by atoms with Crippen molar-refractivity contribution in [2.75, 3.05) is 20.1 Å². The fourth-order valence-corrected chi connectivity index (χ4v) is 5.25. The Morgan fingerprint density at radius 3 is 2.73 bits per heavy atom. The molecule has 2 aromatic carbocycles. The molecule has 0 bridgehead atoms. The molecule has 3 heterocycles. The highest BCUT2D eigenvalue weighted by molar-refractivity contribution is 7.09. The van der Waals surface area contributed by atoms with Crippen LogP contribution in [-0.4, -0.2) is 35.0 Å². The van der Waals surface area contributed by atoms with Crippen molar-refractivity contribution in [2.45, 2.75) is 31.8 Å². The van der Waals surface area contributed by atoms with Crippen LogP contribution in [0.2, 0.25) is 0 Å². The molecule has 30 heavy (non-hydrogen) atoms. The molecule has 0 spiro atoms. The van der Waals surface area contributed by atoms with Crippen LogP contribution in [0.25, 0.3) is 22.2 Å². The number of fused-ring (bicyclic) bond motifs is 1. The first-order chi connectivity index (χ1) is 14.8. The minimum atomic E-state index is 0.251. The van der Waals surface area contributed by atoms with Crippen LogP contribution in [0.3, 0.4) is 0 Å². The van der Waals surface area contributed by atoms with Crippen molar-refractivity contribution in [3.63, 3.8) is 0 Å². The average molecular weight is 417 g/mol. The summed E-state index contributed by atoms with van der Waals surface area (Å²) in [6.07, 6.45) is 3.55. The number of rotatable bonds is 7. The lowest BCUT2D eigenvalue weighted by Gasteiger charge is -2.15. The standard InChI is InChI=1S/C25H28N4S/c1-26-23(15-25-28-24(17-30-25)18-7-3-2-4-8-18)19-9-10-22-20(13-19)14-21(27-22)16-29-11-5-6-12-29/h2-4,7-10,13-14,17,23,26-27H,5-6,11-12,15-16H2,1H3. The van der Waals surface area contributed by atoms with E-state index >= 15 is 0 Å². The van der Waals surface area contributed by atoms with Gasteiger partial charge in [-0.1, -0.05) is 36.4 Å². The van der Waals surface area contributed by atoms with E-state index < -0.39 is 0 Å². The van der Waals surface area contributed by atoms with E-state index in [1.54, 1.807) is 11.3 Å². The van der Waals surface area contributed by atoms with Crippen LogP contribution in [0.1, 0.15) is 35.1 Å². The van der Waals surface area contributed by atoms with Crippen LogP contribution in [0.15, 0.2) is 60.0 Å². The third-order valence-corrected chi connectivity index (χ3v) is 6.92. The summed E-state index contributed by atoms with van der Waals surface area (Å²) in [5.41, 5.74) is 6.10. The monoisotopic (exact) mass is 416 g/mol. The highest BCUT2D eigenvalue weighted by atomic mass is 32.1. The molecular weight excluding hydrogens is 388 g/mol. The molecule has 2 N–H and O–H groups in total. The Morgan fingerprint density at radius 2 is 1.93 bits per heavy atom. The number of hydrogen-bond donors (Lipinski definition) is 2. The second-order valence-electron chi connectivity index (χ2n) is 8.16. The predicted octanol–water partition coefficient (Wildman–Crippen LogP) is 5.39. The van der Waals surface area contributed by atoms with E-state index in [-0.39, 0.29) is 6.04 Å². The summed E-state index contributed by atoms with van der Waals surface area (Å²) in [6.45, 7) is 3.48. The first-order valence-corrected chi connectivity index (χ1v) is 11.7. The zero-order valence-electron chi connectivity index (χ0n) is 17.4. The summed E-state index contributed by atoms with van der Waals surface area (Å²) in [5.74, 6) is 0. The molecule has 1 saturated heterocycles. The van der Waals surface area contributed by atoms with Gasteiger partial charge in [0.1, 0.15) is 0 Å². The Hall–Kier alpha value is -2.47. The molecule has 1 unspecified atom stereocenters. The minimum Gasteiger partial charge on any atom is -0.357 e. The number of likely N-dealkylation sites (N-methyl/N-ethyl adjacent to an activating group) is 1. The van der Waals surface area contributed by atoms with Crippen molar-refractivity contribution in [1.82, 2.24) is 20.2 Å². The molecule has 4 nitrogen and oxygen atoms in total. The quantitative estimate of drug-likeness (QED) is 0.424. The molecule has 154 valence electrons. The second-order valence-corrected chi connectivity index (χ2v) is 9.11. The van der Waals surface area contributed by atoms with Crippen molar-refractivity contribution in [3.8, 4) is 11.3 Å². The van der Waals surface area contributed by atoms with Crippen LogP contribution in [-0.2, 0) is 13.0 Å². The fourth-order valence-electron chi connectivity index (χ4n) is 4.40. The van der Waals surface area contributed by atoms with E-state index in [4.69, 9.17) is 4.98 Å². The van der Waals surface area contributed by atoms with E-state index in [0.717, 1.165) is 23.7 Å². The fraction of sp³-hybridized carbons (Fsp3) is 0.320. The molecule has 0 radical (unpaired) electrons. The zero-order valence-corrected chi connectivity index (χ0v) is 18.2. The molecule has 0 saturated carbocycles. The molecule has 0 amide bonds. The van der Waals surface area contributed by atoms with Crippen molar-refractivity contribution in [1.29, 1.82) is 0 Å². The summed E-state index contributed by atoms with van der Waals surface area (Å²) in [7, 11) is 2.04. The van der Waals surface area contributed by atoms with E-state index in [1.807, 2.05) is 13.1 Å². The van der Waals surface area contributed by atoms with Crippen LogP contribution in [0, 0.1) is 0 Å². The number of aromatic amines is 1. The van der Waals surface area contributed by atoms with Gasteiger partial charge in [0.25, 0.3) is 0 Å². The number of nitrogens with one attached hydrogen (secondary N) is 2. The smallest absolute Gasteiger partial charge is 0.0951 e. The molecular formula is C25H28N4S. The van der Waals surface area contributed by atoms with E-state index in [1.165, 1.54) is 53.7 Å². The van der Waals surface area contributed by atoms with Crippen molar-refractivity contribution in [2.24, 2.45) is 0 Å². The third kappa shape index (κ3) is 4.19. The number of likely N-dealkylation sites (tertiary alicyclic amines) is 1. The predicted molar refractivity (Wildman–Crippen MR) is 126 cm³/mol. The van der Waals surface area contributed by atoms with Gasteiger partial charge in [0.2, 0.25) is 0 Å². The molecule has 0 aliphatic carbocycles. The number of H-pyrrole nitrogens is 1. The number of aromatic nitrogens is 2. The highest BCUT2D eigenvalue weighted by Crippen LogP contribution is 2.28. The lowest BCUT2D eigenvalue weighted by molar-refractivity contribution is 0.328. The largest absolute Gasteiger partial charge is 0.357 e. The SMILES string of the molecule is CNC(Cc1nc(-c2ccccc2)cs1)c1ccc2[nH]c(CN3CCCC3)cc2c1. The van der Waals surface area contributed by atoms with Crippen molar-refractivity contribution in [3.05, 3.63) is 76.2 Å². The number of hydrogen-bond acceptors (Lipinski definition) is 4. The molecule has 1 fully saturated rings. The van der Waals surface area contributed by atoms with Gasteiger partial charge >= 0.3 is 0 Å². The third-order valence-electron chi connectivity index (χ3n) is 6.04. The first kappa shape index (κ1) is 19.5. The van der Waals surface area contributed by atoms with Crippen LogP contribution >= 0.6 is 11.3 Å². The minimum absolute atomic E-state index is 0.251. The number of nitrogens with zero attached hydrogens (tertiary/aromatic N) is 2. The number of benzene rings is 2. The van der Waals surface area contributed by atoms with E-state index in [2.05, 4.69) is 69.1 Å². The Morgan fingerprint density at radius 1 is 1.10 bits per heavy atom. The lowest BCUT2D eigenvalue weighted by Crippen LogP contribution is -2.18. The van der Waals surface area contributed by atoms with Gasteiger partial charge in [0.15, 0.2) is 0 Å². The van der Waals surface area contributed by atoms with Crippen molar-refractivity contribution >= 4 is 22.2 Å². The molecule has 5 rings (SSSR count). The van der Waals surface area contributed by atoms with E-state index in [0.29, 0.717) is 0 Å². The topological polar surface area (TPSA) is 44.0 Å². The van der Waals surface area contributed by atoms with E-state index in [9.17, 15) is 0 Å². The average Bonchev–Trinajstić information content (AvgIpc) is 3.53.